The smallest absolute Gasteiger partial charge is 0.258 e. The van der Waals surface area contributed by atoms with E-state index in [0.717, 1.165) is 24.2 Å². The molecule has 0 saturated heterocycles. The van der Waals surface area contributed by atoms with Crippen molar-refractivity contribution in [3.63, 3.8) is 0 Å². The van der Waals surface area contributed by atoms with Gasteiger partial charge in [-0.1, -0.05) is 30.3 Å². The summed E-state index contributed by atoms with van der Waals surface area (Å²) in [5.41, 5.74) is 6.80. The maximum absolute atomic E-state index is 11.9. The van der Waals surface area contributed by atoms with Gasteiger partial charge in [-0.05, 0) is 48.6 Å². The van der Waals surface area contributed by atoms with Gasteiger partial charge < -0.3 is 20.5 Å². The van der Waals surface area contributed by atoms with Gasteiger partial charge in [0, 0.05) is 12.6 Å². The molecule has 2 aromatic carbocycles. The number of hydrogen-bond donors (Lipinski definition) is 2. The van der Waals surface area contributed by atoms with E-state index >= 15 is 0 Å². The van der Waals surface area contributed by atoms with E-state index in [-0.39, 0.29) is 31.0 Å². The Hall–Kier alpha value is -2.24. The number of carbonyl (C=O) groups is 1. The summed E-state index contributed by atoms with van der Waals surface area (Å²) in [5.74, 6) is 1.80. The molecule has 2 aromatic rings. The molecule has 3 rings (SSSR count). The maximum Gasteiger partial charge on any atom is 0.258 e. The Balaban J connectivity index is 0.00000243. The highest BCUT2D eigenvalue weighted by atomic mass is 35.5. The predicted molar refractivity (Wildman–Crippen MR) is 104 cm³/mol. The van der Waals surface area contributed by atoms with E-state index in [2.05, 4.69) is 5.32 Å². The number of halogens is 1. The molecule has 0 bridgehead atoms. The number of nitrogens with one attached hydrogen (secondary N) is 1. The summed E-state index contributed by atoms with van der Waals surface area (Å²) >= 11 is 0. The lowest BCUT2D eigenvalue weighted by molar-refractivity contribution is -0.123. The monoisotopic (exact) mass is 376 g/mol. The number of carbonyl (C=O) groups excluding carboxylic acids is 1. The summed E-state index contributed by atoms with van der Waals surface area (Å²) in [4.78, 5) is 11.9. The van der Waals surface area contributed by atoms with E-state index in [9.17, 15) is 4.79 Å². The number of nitrogens with two attached hydrogens (primary N) is 1. The van der Waals surface area contributed by atoms with Gasteiger partial charge in [-0.3, -0.25) is 4.79 Å². The second kappa shape index (κ2) is 10.0. The SMILES string of the molecule is Cl.NCC(NC(=O)COc1ccc(OCc2ccccc2)cc1)C1CC1. The van der Waals surface area contributed by atoms with Crippen LogP contribution in [0.5, 0.6) is 11.5 Å². The summed E-state index contributed by atoms with van der Waals surface area (Å²) in [5, 5.41) is 2.94. The minimum Gasteiger partial charge on any atom is -0.489 e. The molecule has 140 valence electrons. The summed E-state index contributed by atoms with van der Waals surface area (Å²) < 4.78 is 11.2. The van der Waals surface area contributed by atoms with Gasteiger partial charge in [-0.15, -0.1) is 12.4 Å². The first-order valence-electron chi connectivity index (χ1n) is 8.63. The molecule has 1 fully saturated rings. The van der Waals surface area contributed by atoms with Gasteiger partial charge in [0.1, 0.15) is 18.1 Å². The van der Waals surface area contributed by atoms with Crippen LogP contribution in [0.4, 0.5) is 0 Å². The molecule has 0 radical (unpaired) electrons. The highest BCUT2D eigenvalue weighted by Crippen LogP contribution is 2.32. The molecule has 0 spiro atoms. The molecule has 1 atom stereocenters. The Morgan fingerprint density at radius 1 is 1.04 bits per heavy atom. The van der Waals surface area contributed by atoms with E-state index in [1.54, 1.807) is 12.1 Å². The number of rotatable bonds is 9. The zero-order valence-corrected chi connectivity index (χ0v) is 15.4. The van der Waals surface area contributed by atoms with Crippen molar-refractivity contribution in [2.45, 2.75) is 25.5 Å². The highest BCUT2D eigenvalue weighted by molar-refractivity contribution is 5.85. The van der Waals surface area contributed by atoms with Crippen LogP contribution in [0.2, 0.25) is 0 Å². The van der Waals surface area contributed by atoms with E-state index in [0.29, 0.717) is 24.8 Å². The number of hydrogen-bond acceptors (Lipinski definition) is 4. The van der Waals surface area contributed by atoms with Crippen molar-refractivity contribution in [1.29, 1.82) is 0 Å². The van der Waals surface area contributed by atoms with E-state index in [1.807, 2.05) is 42.5 Å². The predicted octanol–water partition coefficient (Wildman–Crippen LogP) is 2.92. The van der Waals surface area contributed by atoms with Crippen LogP contribution in [-0.2, 0) is 11.4 Å². The molecule has 0 aliphatic heterocycles. The van der Waals surface area contributed by atoms with Crippen molar-refractivity contribution in [3.8, 4) is 11.5 Å². The largest absolute Gasteiger partial charge is 0.489 e. The normalized spacial score (nSPS) is 14.0. The van der Waals surface area contributed by atoms with Crippen LogP contribution in [0.15, 0.2) is 54.6 Å². The van der Waals surface area contributed by atoms with E-state index in [1.165, 1.54) is 0 Å². The van der Waals surface area contributed by atoms with Crippen LogP contribution in [0.25, 0.3) is 0 Å². The molecule has 1 aliphatic carbocycles. The summed E-state index contributed by atoms with van der Waals surface area (Å²) in [6.07, 6.45) is 2.29. The van der Waals surface area contributed by atoms with Crippen molar-refractivity contribution in [2.75, 3.05) is 13.2 Å². The van der Waals surface area contributed by atoms with E-state index in [4.69, 9.17) is 15.2 Å². The number of ether oxygens (including phenoxy) is 2. The minimum atomic E-state index is -0.133. The number of benzene rings is 2. The van der Waals surface area contributed by atoms with Gasteiger partial charge in [0.15, 0.2) is 6.61 Å². The average Bonchev–Trinajstić information content (AvgIpc) is 3.49. The van der Waals surface area contributed by atoms with Crippen LogP contribution in [0.1, 0.15) is 18.4 Å². The fraction of sp³-hybridized carbons (Fsp3) is 0.350. The van der Waals surface area contributed by atoms with E-state index < -0.39 is 0 Å². The molecule has 0 heterocycles. The quantitative estimate of drug-likeness (QED) is 0.705. The summed E-state index contributed by atoms with van der Waals surface area (Å²) in [6, 6.07) is 17.3. The highest BCUT2D eigenvalue weighted by Gasteiger charge is 2.31. The lowest BCUT2D eigenvalue weighted by Crippen LogP contribution is -2.43. The lowest BCUT2D eigenvalue weighted by Gasteiger charge is -2.16. The van der Waals surface area contributed by atoms with Crippen molar-refractivity contribution in [3.05, 3.63) is 60.2 Å². The van der Waals surface area contributed by atoms with Gasteiger partial charge in [-0.2, -0.15) is 0 Å². The zero-order valence-electron chi connectivity index (χ0n) is 14.6. The van der Waals surface area contributed by atoms with Crippen LogP contribution in [-0.4, -0.2) is 25.1 Å². The molecule has 1 aliphatic rings. The van der Waals surface area contributed by atoms with Crippen molar-refractivity contribution < 1.29 is 14.3 Å². The van der Waals surface area contributed by atoms with Crippen LogP contribution >= 0.6 is 12.4 Å². The van der Waals surface area contributed by atoms with Gasteiger partial charge in [0.25, 0.3) is 5.91 Å². The fourth-order valence-electron chi connectivity index (χ4n) is 2.64. The third-order valence-corrected chi connectivity index (χ3v) is 4.23. The first-order chi connectivity index (χ1) is 12.2. The molecule has 1 saturated carbocycles. The van der Waals surface area contributed by atoms with Crippen LogP contribution in [0.3, 0.4) is 0 Å². The van der Waals surface area contributed by atoms with Crippen LogP contribution in [0, 0.1) is 5.92 Å². The fourth-order valence-corrected chi connectivity index (χ4v) is 2.64. The average molecular weight is 377 g/mol. The first-order valence-corrected chi connectivity index (χ1v) is 8.63. The molecule has 1 amide bonds. The van der Waals surface area contributed by atoms with Gasteiger partial charge in [-0.25, -0.2) is 0 Å². The molecule has 6 heteroatoms. The minimum absolute atomic E-state index is 0. The third-order valence-electron chi connectivity index (χ3n) is 4.23. The Bertz CT molecular complexity index is 675. The molecule has 3 N–H and O–H groups in total. The van der Waals surface area contributed by atoms with Crippen molar-refractivity contribution in [2.24, 2.45) is 11.7 Å². The molecule has 5 nitrogen and oxygen atoms in total. The van der Waals surface area contributed by atoms with Gasteiger partial charge in [0.2, 0.25) is 0 Å². The topological polar surface area (TPSA) is 73.6 Å². The second-order valence-corrected chi connectivity index (χ2v) is 6.28. The Labute approximate surface area is 160 Å². The van der Waals surface area contributed by atoms with Gasteiger partial charge in [0.05, 0.1) is 0 Å². The van der Waals surface area contributed by atoms with Crippen molar-refractivity contribution >= 4 is 18.3 Å². The zero-order chi connectivity index (χ0) is 17.5. The third kappa shape index (κ3) is 6.24. The number of amides is 1. The lowest BCUT2D eigenvalue weighted by atomic mass is 10.2. The molecule has 0 aromatic heterocycles. The Kier molecular flexibility index (Phi) is 7.75. The molecule has 26 heavy (non-hydrogen) atoms. The standard InChI is InChI=1S/C20H24N2O3.ClH/c21-12-19(16-6-7-16)22-20(23)14-25-18-10-8-17(9-11-18)24-13-15-4-2-1-3-5-15;/h1-5,8-11,16,19H,6-7,12-14,21H2,(H,22,23);1H. The first kappa shape index (κ1) is 20.1. The second-order valence-electron chi connectivity index (χ2n) is 6.28. The molecule has 1 unspecified atom stereocenters. The maximum atomic E-state index is 11.9. The van der Waals surface area contributed by atoms with Crippen molar-refractivity contribution in [1.82, 2.24) is 5.32 Å². The molecular formula is C20H25ClN2O3. The summed E-state index contributed by atoms with van der Waals surface area (Å²) in [7, 11) is 0. The van der Waals surface area contributed by atoms with Crippen LogP contribution < -0.4 is 20.5 Å². The Morgan fingerprint density at radius 3 is 2.23 bits per heavy atom. The molecular weight excluding hydrogens is 352 g/mol. The summed E-state index contributed by atoms with van der Waals surface area (Å²) in [6.45, 7) is 0.988. The Morgan fingerprint density at radius 2 is 1.65 bits per heavy atom. The van der Waals surface area contributed by atoms with Gasteiger partial charge >= 0.3 is 0 Å².